The molecule has 4 nitrogen and oxygen atoms in total. The van der Waals surface area contributed by atoms with Crippen LogP contribution in [0.5, 0.6) is 0 Å². The molecule has 0 N–H and O–H groups in total. The van der Waals surface area contributed by atoms with Crippen LogP contribution in [-0.4, -0.2) is 14.1 Å². The van der Waals surface area contributed by atoms with E-state index in [9.17, 15) is 4.79 Å². The zero-order valence-electron chi connectivity index (χ0n) is 12.4. The maximum Gasteiger partial charge on any atom is 0.250 e. The molecule has 0 aliphatic rings. The van der Waals surface area contributed by atoms with Crippen molar-refractivity contribution in [2.45, 2.75) is 17.5 Å². The van der Waals surface area contributed by atoms with Crippen molar-refractivity contribution in [2.75, 3.05) is 0 Å². The maximum atomic E-state index is 11.7. The number of allylic oxidation sites excluding steroid dienone is 1. The monoisotopic (exact) mass is 311 g/mol. The first kappa shape index (κ1) is 14.7. The number of imidazole rings is 1. The number of aromatic nitrogens is 3. The van der Waals surface area contributed by atoms with Crippen molar-refractivity contribution < 1.29 is 0 Å². The normalized spacial score (nSPS) is 11.0. The lowest BCUT2D eigenvalue weighted by atomic mass is 10.3. The van der Waals surface area contributed by atoms with Gasteiger partial charge < -0.3 is 9.13 Å². The summed E-state index contributed by atoms with van der Waals surface area (Å²) in [5.41, 5.74) is 3.10. The predicted molar refractivity (Wildman–Crippen MR) is 91.2 cm³/mol. The minimum absolute atomic E-state index is 0.0118. The minimum Gasteiger partial charge on any atom is -0.319 e. The van der Waals surface area contributed by atoms with Crippen LogP contribution >= 0.6 is 11.8 Å². The van der Waals surface area contributed by atoms with Gasteiger partial charge in [0.05, 0.1) is 11.0 Å². The van der Waals surface area contributed by atoms with Crippen molar-refractivity contribution in [1.29, 1.82) is 0 Å². The summed E-state index contributed by atoms with van der Waals surface area (Å²) in [7, 11) is 1.75. The summed E-state index contributed by atoms with van der Waals surface area (Å²) in [4.78, 5) is 16.4. The number of hydrogen-bond acceptors (Lipinski definition) is 3. The van der Waals surface area contributed by atoms with Crippen molar-refractivity contribution >= 4 is 22.8 Å². The molecular formula is C17H17N3OS. The largest absolute Gasteiger partial charge is 0.319 e. The maximum absolute atomic E-state index is 11.7. The molecule has 0 aliphatic carbocycles. The second kappa shape index (κ2) is 6.23. The number of rotatable bonds is 5. The van der Waals surface area contributed by atoms with Crippen LogP contribution in [0.4, 0.5) is 0 Å². The van der Waals surface area contributed by atoms with Gasteiger partial charge in [0.25, 0.3) is 5.56 Å². The number of hydrogen-bond donors (Lipinski definition) is 0. The molecule has 2 heterocycles. The lowest BCUT2D eigenvalue weighted by Gasteiger charge is -2.06. The Morgan fingerprint density at radius 2 is 2.14 bits per heavy atom. The minimum atomic E-state index is 0.0118. The van der Waals surface area contributed by atoms with Crippen LogP contribution in [0, 0.1) is 0 Å². The quantitative estimate of drug-likeness (QED) is 0.536. The second-order valence-corrected chi connectivity index (χ2v) is 6.00. The lowest BCUT2D eigenvalue weighted by molar-refractivity contribution is 0.748. The fourth-order valence-corrected chi connectivity index (χ4v) is 3.26. The molecule has 1 aromatic carbocycles. The SMILES string of the molecule is C=CCn1c(SCc2ccn(C)c(=O)c2)nc2ccccc21. The third-order valence-corrected chi connectivity index (χ3v) is 4.52. The standard InChI is InChI=1S/C17H17N3OS/c1-3-9-20-15-7-5-4-6-14(15)18-17(20)22-12-13-8-10-19(2)16(21)11-13/h3-8,10-11H,1,9,12H2,2H3. The molecule has 0 atom stereocenters. The Morgan fingerprint density at radius 3 is 2.91 bits per heavy atom. The van der Waals surface area contributed by atoms with Gasteiger partial charge in [-0.05, 0) is 23.8 Å². The molecule has 0 fully saturated rings. The number of aryl methyl sites for hydroxylation is 1. The fourth-order valence-electron chi connectivity index (χ4n) is 2.30. The van der Waals surface area contributed by atoms with Crippen molar-refractivity contribution in [1.82, 2.24) is 14.1 Å². The Morgan fingerprint density at radius 1 is 1.32 bits per heavy atom. The van der Waals surface area contributed by atoms with E-state index in [0.29, 0.717) is 0 Å². The molecule has 0 bridgehead atoms. The average molecular weight is 311 g/mol. The fraction of sp³-hybridized carbons (Fsp3) is 0.176. The Labute approximate surface area is 133 Å². The molecule has 0 radical (unpaired) electrons. The van der Waals surface area contributed by atoms with Gasteiger partial charge in [-0.2, -0.15) is 0 Å². The Hall–Kier alpha value is -2.27. The molecule has 0 saturated heterocycles. The van der Waals surface area contributed by atoms with Gasteiger partial charge >= 0.3 is 0 Å². The molecule has 0 aliphatic heterocycles. The average Bonchev–Trinajstić information content (AvgIpc) is 2.87. The number of thioether (sulfide) groups is 1. The third kappa shape index (κ3) is 2.85. The number of pyridine rings is 1. The molecular weight excluding hydrogens is 294 g/mol. The van der Waals surface area contributed by atoms with Gasteiger partial charge in [-0.3, -0.25) is 4.79 Å². The molecule has 0 saturated carbocycles. The first-order valence-corrected chi connectivity index (χ1v) is 8.02. The van der Waals surface area contributed by atoms with Crippen molar-refractivity contribution in [3.63, 3.8) is 0 Å². The molecule has 0 unspecified atom stereocenters. The van der Waals surface area contributed by atoms with E-state index < -0.39 is 0 Å². The first-order chi connectivity index (χ1) is 10.7. The van der Waals surface area contributed by atoms with Gasteiger partial charge in [0.2, 0.25) is 0 Å². The van der Waals surface area contributed by atoms with E-state index in [4.69, 9.17) is 0 Å². The predicted octanol–water partition coefficient (Wildman–Crippen LogP) is 3.21. The second-order valence-electron chi connectivity index (χ2n) is 5.06. The number of para-hydroxylation sites is 2. The number of nitrogens with zero attached hydrogens (tertiary/aromatic N) is 3. The number of fused-ring (bicyclic) bond motifs is 1. The summed E-state index contributed by atoms with van der Waals surface area (Å²) >= 11 is 1.64. The Bertz CT molecular complexity index is 879. The van der Waals surface area contributed by atoms with Crippen LogP contribution < -0.4 is 5.56 Å². The van der Waals surface area contributed by atoms with Gasteiger partial charge in [-0.1, -0.05) is 30.0 Å². The van der Waals surface area contributed by atoms with Gasteiger partial charge in [-0.25, -0.2) is 4.98 Å². The van der Waals surface area contributed by atoms with E-state index in [0.717, 1.165) is 34.1 Å². The summed E-state index contributed by atoms with van der Waals surface area (Å²) in [6.07, 6.45) is 3.67. The molecule has 0 spiro atoms. The highest BCUT2D eigenvalue weighted by Gasteiger charge is 2.10. The van der Waals surface area contributed by atoms with Gasteiger partial charge in [0.15, 0.2) is 5.16 Å². The third-order valence-electron chi connectivity index (χ3n) is 3.47. The van der Waals surface area contributed by atoms with E-state index in [1.165, 1.54) is 0 Å². The Balaban J connectivity index is 1.89. The van der Waals surface area contributed by atoms with Crippen LogP contribution in [-0.2, 0) is 19.3 Å². The highest BCUT2D eigenvalue weighted by Crippen LogP contribution is 2.26. The summed E-state index contributed by atoms with van der Waals surface area (Å²) in [5, 5.41) is 0.946. The van der Waals surface area contributed by atoms with Gasteiger partial charge in [-0.15, -0.1) is 6.58 Å². The molecule has 5 heteroatoms. The molecule has 2 aromatic heterocycles. The van der Waals surface area contributed by atoms with Crippen LogP contribution in [0.3, 0.4) is 0 Å². The van der Waals surface area contributed by atoms with Gasteiger partial charge in [0, 0.05) is 31.6 Å². The number of benzene rings is 1. The van der Waals surface area contributed by atoms with E-state index in [1.54, 1.807) is 35.6 Å². The topological polar surface area (TPSA) is 39.8 Å². The van der Waals surface area contributed by atoms with E-state index in [2.05, 4.69) is 22.2 Å². The zero-order valence-corrected chi connectivity index (χ0v) is 13.2. The smallest absolute Gasteiger partial charge is 0.250 e. The molecule has 112 valence electrons. The highest BCUT2D eigenvalue weighted by atomic mass is 32.2. The van der Waals surface area contributed by atoms with E-state index in [-0.39, 0.29) is 5.56 Å². The van der Waals surface area contributed by atoms with Crippen LogP contribution in [0.1, 0.15) is 5.56 Å². The molecule has 3 rings (SSSR count). The zero-order chi connectivity index (χ0) is 15.5. The van der Waals surface area contributed by atoms with Crippen molar-refractivity contribution in [3.05, 3.63) is 71.2 Å². The summed E-state index contributed by atoms with van der Waals surface area (Å²) in [5.74, 6) is 0.719. The lowest BCUT2D eigenvalue weighted by Crippen LogP contribution is -2.14. The summed E-state index contributed by atoms with van der Waals surface area (Å²) in [6, 6.07) is 11.7. The summed E-state index contributed by atoms with van der Waals surface area (Å²) < 4.78 is 3.72. The van der Waals surface area contributed by atoms with Crippen LogP contribution in [0.25, 0.3) is 11.0 Å². The van der Waals surface area contributed by atoms with Crippen molar-refractivity contribution in [2.24, 2.45) is 7.05 Å². The summed E-state index contributed by atoms with van der Waals surface area (Å²) in [6.45, 7) is 4.54. The van der Waals surface area contributed by atoms with E-state index in [1.807, 2.05) is 30.3 Å². The van der Waals surface area contributed by atoms with Crippen LogP contribution in [0.2, 0.25) is 0 Å². The van der Waals surface area contributed by atoms with Crippen molar-refractivity contribution in [3.8, 4) is 0 Å². The van der Waals surface area contributed by atoms with Crippen LogP contribution in [0.15, 0.2) is 65.2 Å². The molecule has 0 amide bonds. The molecule has 3 aromatic rings. The Kier molecular flexibility index (Phi) is 4.15. The van der Waals surface area contributed by atoms with Gasteiger partial charge in [0.1, 0.15) is 0 Å². The molecule has 22 heavy (non-hydrogen) atoms. The first-order valence-electron chi connectivity index (χ1n) is 7.03. The highest BCUT2D eigenvalue weighted by molar-refractivity contribution is 7.98. The van der Waals surface area contributed by atoms with E-state index >= 15 is 0 Å².